The highest BCUT2D eigenvalue weighted by molar-refractivity contribution is 6.30. The van der Waals surface area contributed by atoms with Gasteiger partial charge in [-0.1, -0.05) is 43.1 Å². The Hall–Kier alpha value is -2.59. The number of pyridine rings is 1. The fraction of sp³-hybridized carbons (Fsp3) is 0.238. The molecule has 0 radical (unpaired) electrons. The summed E-state index contributed by atoms with van der Waals surface area (Å²) in [5, 5.41) is 1.55. The van der Waals surface area contributed by atoms with Crippen LogP contribution in [0.4, 0.5) is 0 Å². The van der Waals surface area contributed by atoms with E-state index in [-0.39, 0.29) is 18.0 Å². The number of H-pyrrole nitrogens is 1. The summed E-state index contributed by atoms with van der Waals surface area (Å²) in [5.74, 6) is -0.0947. The van der Waals surface area contributed by atoms with E-state index in [1.165, 1.54) is 0 Å². The van der Waals surface area contributed by atoms with Crippen molar-refractivity contribution < 1.29 is 4.79 Å². The SMILES string of the molecule is CCCCN(Cc1cc2ccccc2[nH]c1=O)C(=O)c1ccc(Cl)cc1. The first kappa shape index (κ1) is 18.2. The molecule has 1 amide bonds. The van der Waals surface area contributed by atoms with Gasteiger partial charge in [-0.05, 0) is 48.2 Å². The molecule has 0 atom stereocenters. The Morgan fingerprint density at radius 3 is 2.58 bits per heavy atom. The molecular formula is C21H21ClN2O2. The first-order chi connectivity index (χ1) is 12.6. The third kappa shape index (κ3) is 4.14. The van der Waals surface area contributed by atoms with E-state index < -0.39 is 0 Å². The van der Waals surface area contributed by atoms with Gasteiger partial charge in [0.15, 0.2) is 0 Å². The number of fused-ring (bicyclic) bond motifs is 1. The van der Waals surface area contributed by atoms with Gasteiger partial charge in [-0.3, -0.25) is 9.59 Å². The molecule has 0 spiro atoms. The Kier molecular flexibility index (Phi) is 5.74. The summed E-state index contributed by atoms with van der Waals surface area (Å²) in [6.45, 7) is 2.96. The molecule has 3 rings (SSSR count). The van der Waals surface area contributed by atoms with E-state index >= 15 is 0 Å². The lowest BCUT2D eigenvalue weighted by molar-refractivity contribution is 0.0740. The minimum atomic E-state index is -0.158. The van der Waals surface area contributed by atoms with Crippen LogP contribution in [0.3, 0.4) is 0 Å². The van der Waals surface area contributed by atoms with Gasteiger partial charge in [0, 0.05) is 28.2 Å². The van der Waals surface area contributed by atoms with Crippen molar-refractivity contribution in [2.24, 2.45) is 0 Å². The molecule has 0 saturated carbocycles. The van der Waals surface area contributed by atoms with Gasteiger partial charge in [0.05, 0.1) is 6.54 Å². The third-order valence-electron chi connectivity index (χ3n) is 4.35. The Morgan fingerprint density at radius 2 is 1.85 bits per heavy atom. The topological polar surface area (TPSA) is 53.2 Å². The van der Waals surface area contributed by atoms with E-state index in [9.17, 15) is 9.59 Å². The van der Waals surface area contributed by atoms with E-state index in [2.05, 4.69) is 11.9 Å². The Balaban J connectivity index is 1.91. The number of hydrogen-bond acceptors (Lipinski definition) is 2. The summed E-state index contributed by atoms with van der Waals surface area (Å²) in [7, 11) is 0. The second-order valence-electron chi connectivity index (χ2n) is 6.30. The summed E-state index contributed by atoms with van der Waals surface area (Å²) >= 11 is 5.92. The highest BCUT2D eigenvalue weighted by Gasteiger charge is 2.17. The largest absolute Gasteiger partial charge is 0.334 e. The number of rotatable bonds is 6. The molecule has 0 aliphatic carbocycles. The maximum atomic E-state index is 12.9. The van der Waals surface area contributed by atoms with Crippen LogP contribution in [0.15, 0.2) is 59.4 Å². The zero-order valence-corrected chi connectivity index (χ0v) is 15.4. The van der Waals surface area contributed by atoms with Crippen LogP contribution in [0.25, 0.3) is 10.9 Å². The smallest absolute Gasteiger partial charge is 0.254 e. The molecule has 3 aromatic rings. The number of nitrogens with zero attached hydrogens (tertiary/aromatic N) is 1. The molecule has 2 aromatic carbocycles. The summed E-state index contributed by atoms with van der Waals surface area (Å²) in [5.41, 5.74) is 1.80. The molecule has 1 aromatic heterocycles. The summed E-state index contributed by atoms with van der Waals surface area (Å²) in [4.78, 5) is 30.0. The van der Waals surface area contributed by atoms with Crippen molar-refractivity contribution in [3.05, 3.63) is 81.1 Å². The van der Waals surface area contributed by atoms with Gasteiger partial charge >= 0.3 is 0 Å². The van der Waals surface area contributed by atoms with E-state index in [0.717, 1.165) is 23.7 Å². The number of hydrogen-bond donors (Lipinski definition) is 1. The number of para-hydroxylation sites is 1. The predicted octanol–water partition coefficient (Wildman–Crippen LogP) is 4.62. The monoisotopic (exact) mass is 368 g/mol. The first-order valence-corrected chi connectivity index (χ1v) is 9.12. The van der Waals surface area contributed by atoms with Crippen molar-refractivity contribution in [2.45, 2.75) is 26.3 Å². The summed E-state index contributed by atoms with van der Waals surface area (Å²) in [6.07, 6.45) is 1.85. The van der Waals surface area contributed by atoms with Gasteiger partial charge < -0.3 is 9.88 Å². The standard InChI is InChI=1S/C21H21ClN2O2/c1-2-3-12-24(21(26)15-8-10-18(22)11-9-15)14-17-13-16-6-4-5-7-19(16)23-20(17)25/h4-11,13H,2-3,12,14H2,1H3,(H,23,25). The van der Waals surface area contributed by atoms with Crippen LogP contribution in [0.1, 0.15) is 35.7 Å². The summed E-state index contributed by atoms with van der Waals surface area (Å²) in [6, 6.07) is 16.3. The van der Waals surface area contributed by atoms with Crippen molar-refractivity contribution in [1.82, 2.24) is 9.88 Å². The lowest BCUT2D eigenvalue weighted by Gasteiger charge is -2.22. The molecule has 0 saturated heterocycles. The van der Waals surface area contributed by atoms with E-state index in [4.69, 9.17) is 11.6 Å². The van der Waals surface area contributed by atoms with Crippen molar-refractivity contribution in [1.29, 1.82) is 0 Å². The average molecular weight is 369 g/mol. The van der Waals surface area contributed by atoms with E-state index in [1.54, 1.807) is 29.2 Å². The number of benzene rings is 2. The van der Waals surface area contributed by atoms with Crippen LogP contribution in [0.5, 0.6) is 0 Å². The molecule has 0 unspecified atom stereocenters. The van der Waals surface area contributed by atoms with Crippen LogP contribution >= 0.6 is 11.6 Å². The molecular weight excluding hydrogens is 348 g/mol. The van der Waals surface area contributed by atoms with E-state index in [1.807, 2.05) is 30.3 Å². The molecule has 0 aliphatic rings. The Morgan fingerprint density at radius 1 is 1.12 bits per heavy atom. The first-order valence-electron chi connectivity index (χ1n) is 8.74. The number of nitrogens with one attached hydrogen (secondary N) is 1. The quantitative estimate of drug-likeness (QED) is 0.690. The maximum absolute atomic E-state index is 12.9. The fourth-order valence-corrected chi connectivity index (χ4v) is 3.02. The van der Waals surface area contributed by atoms with Crippen molar-refractivity contribution in [3.63, 3.8) is 0 Å². The highest BCUT2D eigenvalue weighted by atomic mass is 35.5. The number of carbonyl (C=O) groups is 1. The predicted molar refractivity (Wildman–Crippen MR) is 106 cm³/mol. The van der Waals surface area contributed by atoms with Crippen LogP contribution in [-0.4, -0.2) is 22.3 Å². The van der Waals surface area contributed by atoms with Crippen LogP contribution < -0.4 is 5.56 Å². The lowest BCUT2D eigenvalue weighted by Crippen LogP contribution is -2.33. The molecule has 0 aliphatic heterocycles. The van der Waals surface area contributed by atoms with Crippen molar-refractivity contribution in [3.8, 4) is 0 Å². The fourth-order valence-electron chi connectivity index (χ4n) is 2.89. The van der Waals surface area contributed by atoms with Gasteiger partial charge in [0.2, 0.25) is 0 Å². The number of aromatic nitrogens is 1. The molecule has 5 heteroatoms. The molecule has 4 nitrogen and oxygen atoms in total. The van der Waals surface area contributed by atoms with Crippen molar-refractivity contribution in [2.75, 3.05) is 6.54 Å². The minimum Gasteiger partial charge on any atom is -0.334 e. The van der Waals surface area contributed by atoms with Crippen LogP contribution in [0, 0.1) is 0 Å². The Bertz CT molecular complexity index is 964. The second-order valence-corrected chi connectivity index (χ2v) is 6.73. The van der Waals surface area contributed by atoms with Gasteiger partial charge in [0.1, 0.15) is 0 Å². The van der Waals surface area contributed by atoms with Gasteiger partial charge in [-0.25, -0.2) is 0 Å². The second kappa shape index (κ2) is 8.19. The molecule has 0 fully saturated rings. The molecule has 134 valence electrons. The molecule has 0 bridgehead atoms. The van der Waals surface area contributed by atoms with Crippen molar-refractivity contribution >= 4 is 28.4 Å². The number of unbranched alkanes of at least 4 members (excludes halogenated alkanes) is 1. The number of aromatic amines is 1. The average Bonchev–Trinajstić information content (AvgIpc) is 2.65. The van der Waals surface area contributed by atoms with Gasteiger partial charge in [0.25, 0.3) is 11.5 Å². The van der Waals surface area contributed by atoms with Gasteiger partial charge in [-0.15, -0.1) is 0 Å². The number of carbonyl (C=O) groups excluding carboxylic acids is 1. The van der Waals surface area contributed by atoms with Gasteiger partial charge in [-0.2, -0.15) is 0 Å². The number of halogens is 1. The molecule has 26 heavy (non-hydrogen) atoms. The summed E-state index contributed by atoms with van der Waals surface area (Å²) < 4.78 is 0. The third-order valence-corrected chi connectivity index (χ3v) is 4.60. The molecule has 1 N–H and O–H groups in total. The van der Waals surface area contributed by atoms with Crippen LogP contribution in [0.2, 0.25) is 5.02 Å². The number of amides is 1. The highest BCUT2D eigenvalue weighted by Crippen LogP contribution is 2.15. The maximum Gasteiger partial charge on any atom is 0.254 e. The normalized spacial score (nSPS) is 10.8. The Labute approximate surface area is 157 Å². The van der Waals surface area contributed by atoms with E-state index in [0.29, 0.717) is 22.7 Å². The zero-order chi connectivity index (χ0) is 18.5. The zero-order valence-electron chi connectivity index (χ0n) is 14.7. The minimum absolute atomic E-state index is 0.0947. The van der Waals surface area contributed by atoms with Crippen LogP contribution in [-0.2, 0) is 6.54 Å². The molecule has 1 heterocycles. The lowest BCUT2D eigenvalue weighted by atomic mass is 10.1.